The van der Waals surface area contributed by atoms with Gasteiger partial charge in [-0.3, -0.25) is 0 Å². The molecule has 0 amide bonds. The maximum absolute atomic E-state index is 6.02. The van der Waals surface area contributed by atoms with Crippen molar-refractivity contribution in [1.82, 2.24) is 4.98 Å². The number of fused-ring (bicyclic) bond motifs is 2. The molecule has 0 radical (unpaired) electrons. The summed E-state index contributed by atoms with van der Waals surface area (Å²) < 4.78 is 6.02. The van der Waals surface area contributed by atoms with E-state index >= 15 is 0 Å². The third kappa shape index (κ3) is 3.11. The average molecular weight is 349 g/mol. The molecule has 0 spiro atoms. The molecule has 0 aliphatic carbocycles. The fourth-order valence-electron chi connectivity index (χ4n) is 3.72. The van der Waals surface area contributed by atoms with E-state index < -0.39 is 0 Å². The first-order valence-corrected chi connectivity index (χ1v) is 9.25. The minimum absolute atomic E-state index is 0.198. The van der Waals surface area contributed by atoms with Crippen LogP contribution in [0, 0.1) is 0 Å². The van der Waals surface area contributed by atoms with Crippen LogP contribution in [-0.2, 0) is 6.42 Å². The lowest BCUT2D eigenvalue weighted by Crippen LogP contribution is -2.05. The standard InChI is InChI=1S/C25H19NO/c1-2-9-19(10-3-1)22(17-25-26-23-12-6-7-13-24(23)27-25)21-15-14-18-8-4-5-11-20(18)16-21/h1-16,22H,17H2/t22-/m1/s1. The normalized spacial score (nSPS) is 12.4. The van der Waals surface area contributed by atoms with Crippen molar-refractivity contribution in [3.05, 3.63) is 114 Å². The largest absolute Gasteiger partial charge is 0.441 e. The van der Waals surface area contributed by atoms with Crippen molar-refractivity contribution >= 4 is 21.9 Å². The molecule has 0 N–H and O–H groups in total. The van der Waals surface area contributed by atoms with E-state index in [-0.39, 0.29) is 5.92 Å². The maximum atomic E-state index is 6.02. The molecule has 130 valence electrons. The monoisotopic (exact) mass is 349 g/mol. The molecule has 27 heavy (non-hydrogen) atoms. The quantitative estimate of drug-likeness (QED) is 0.377. The number of oxazole rings is 1. The molecule has 1 heterocycles. The van der Waals surface area contributed by atoms with E-state index in [0.717, 1.165) is 23.4 Å². The number of para-hydroxylation sites is 2. The zero-order chi connectivity index (χ0) is 18.1. The summed E-state index contributed by atoms with van der Waals surface area (Å²) in [6.07, 6.45) is 0.733. The fraction of sp³-hybridized carbons (Fsp3) is 0.0800. The van der Waals surface area contributed by atoms with Crippen molar-refractivity contribution in [2.75, 3.05) is 0 Å². The lowest BCUT2D eigenvalue weighted by molar-refractivity contribution is 0.514. The Bertz CT molecular complexity index is 1170. The van der Waals surface area contributed by atoms with Crippen LogP contribution >= 0.6 is 0 Å². The van der Waals surface area contributed by atoms with Gasteiger partial charge in [-0.25, -0.2) is 4.98 Å². The molecule has 1 aromatic heterocycles. The molecule has 5 rings (SSSR count). The van der Waals surface area contributed by atoms with Crippen molar-refractivity contribution in [3.8, 4) is 0 Å². The third-order valence-corrected chi connectivity index (χ3v) is 5.09. The molecule has 2 heteroatoms. The number of rotatable bonds is 4. The number of hydrogen-bond donors (Lipinski definition) is 0. The minimum Gasteiger partial charge on any atom is -0.441 e. The van der Waals surface area contributed by atoms with Crippen LogP contribution in [0.15, 0.2) is 101 Å². The van der Waals surface area contributed by atoms with Crippen LogP contribution in [0.1, 0.15) is 22.9 Å². The third-order valence-electron chi connectivity index (χ3n) is 5.09. The van der Waals surface area contributed by atoms with Gasteiger partial charge in [0.15, 0.2) is 11.5 Å². The summed E-state index contributed by atoms with van der Waals surface area (Å²) in [6.45, 7) is 0. The minimum atomic E-state index is 0.198. The molecular weight excluding hydrogens is 330 g/mol. The number of benzene rings is 4. The van der Waals surface area contributed by atoms with Crippen LogP contribution in [0.25, 0.3) is 21.9 Å². The van der Waals surface area contributed by atoms with Crippen LogP contribution in [0.3, 0.4) is 0 Å². The van der Waals surface area contributed by atoms with Gasteiger partial charge in [0.25, 0.3) is 0 Å². The fourth-order valence-corrected chi connectivity index (χ4v) is 3.72. The Kier molecular flexibility index (Phi) is 3.95. The predicted molar refractivity (Wildman–Crippen MR) is 110 cm³/mol. The Labute approximate surface area is 158 Å². The first-order valence-electron chi connectivity index (χ1n) is 9.25. The number of aromatic nitrogens is 1. The van der Waals surface area contributed by atoms with Gasteiger partial charge < -0.3 is 4.42 Å². The Morgan fingerprint density at radius 3 is 2.26 bits per heavy atom. The molecule has 0 unspecified atom stereocenters. The molecule has 0 aliphatic heterocycles. The van der Waals surface area contributed by atoms with E-state index in [9.17, 15) is 0 Å². The van der Waals surface area contributed by atoms with Gasteiger partial charge in [-0.15, -0.1) is 0 Å². The van der Waals surface area contributed by atoms with Crippen LogP contribution in [0.5, 0.6) is 0 Å². The molecular formula is C25H19NO. The molecule has 0 bridgehead atoms. The van der Waals surface area contributed by atoms with Gasteiger partial charge in [0.2, 0.25) is 0 Å². The summed E-state index contributed by atoms with van der Waals surface area (Å²) in [5.74, 6) is 0.974. The Morgan fingerprint density at radius 2 is 1.41 bits per heavy atom. The number of hydrogen-bond acceptors (Lipinski definition) is 2. The lowest BCUT2D eigenvalue weighted by Gasteiger charge is -2.17. The van der Waals surface area contributed by atoms with Gasteiger partial charge >= 0.3 is 0 Å². The van der Waals surface area contributed by atoms with Gasteiger partial charge in [-0.2, -0.15) is 0 Å². The smallest absolute Gasteiger partial charge is 0.196 e. The van der Waals surface area contributed by atoms with Gasteiger partial charge in [0.05, 0.1) is 0 Å². The second-order valence-corrected chi connectivity index (χ2v) is 6.85. The van der Waals surface area contributed by atoms with E-state index in [1.165, 1.54) is 21.9 Å². The zero-order valence-electron chi connectivity index (χ0n) is 14.9. The molecule has 2 nitrogen and oxygen atoms in total. The van der Waals surface area contributed by atoms with Crippen LogP contribution in [-0.4, -0.2) is 4.98 Å². The highest BCUT2D eigenvalue weighted by atomic mass is 16.3. The summed E-state index contributed by atoms with van der Waals surface area (Å²) >= 11 is 0. The highest BCUT2D eigenvalue weighted by Gasteiger charge is 2.18. The Hall–Kier alpha value is -3.39. The second kappa shape index (κ2) is 6.73. The van der Waals surface area contributed by atoms with Crippen LogP contribution < -0.4 is 0 Å². The van der Waals surface area contributed by atoms with E-state index in [1.807, 2.05) is 24.3 Å². The van der Waals surface area contributed by atoms with Crippen molar-refractivity contribution in [1.29, 1.82) is 0 Å². The lowest BCUT2D eigenvalue weighted by atomic mass is 9.87. The Morgan fingerprint density at radius 1 is 0.667 bits per heavy atom. The summed E-state index contributed by atoms with van der Waals surface area (Å²) in [5.41, 5.74) is 4.31. The van der Waals surface area contributed by atoms with Crippen molar-refractivity contribution < 1.29 is 4.42 Å². The summed E-state index contributed by atoms with van der Waals surface area (Å²) in [6, 6.07) is 33.7. The molecule has 0 aliphatic rings. The van der Waals surface area contributed by atoms with Crippen molar-refractivity contribution in [3.63, 3.8) is 0 Å². The van der Waals surface area contributed by atoms with Crippen LogP contribution in [0.2, 0.25) is 0 Å². The van der Waals surface area contributed by atoms with Crippen molar-refractivity contribution in [2.24, 2.45) is 0 Å². The summed E-state index contributed by atoms with van der Waals surface area (Å²) in [5, 5.41) is 2.52. The molecule has 1 atom stereocenters. The summed E-state index contributed by atoms with van der Waals surface area (Å²) in [7, 11) is 0. The van der Waals surface area contributed by atoms with Gasteiger partial charge in [0.1, 0.15) is 5.52 Å². The van der Waals surface area contributed by atoms with E-state index in [1.54, 1.807) is 0 Å². The molecule has 0 saturated carbocycles. The average Bonchev–Trinajstić information content (AvgIpc) is 3.15. The first-order chi connectivity index (χ1) is 13.4. The van der Waals surface area contributed by atoms with Gasteiger partial charge in [-0.05, 0) is 34.0 Å². The van der Waals surface area contributed by atoms with E-state index in [2.05, 4.69) is 72.8 Å². The predicted octanol–water partition coefficient (Wildman–Crippen LogP) is 6.36. The van der Waals surface area contributed by atoms with Gasteiger partial charge in [0, 0.05) is 12.3 Å². The molecule has 0 fully saturated rings. The Balaban J connectivity index is 1.59. The zero-order valence-corrected chi connectivity index (χ0v) is 14.9. The first kappa shape index (κ1) is 15.8. The van der Waals surface area contributed by atoms with Crippen LogP contribution in [0.4, 0.5) is 0 Å². The highest BCUT2D eigenvalue weighted by Crippen LogP contribution is 2.31. The highest BCUT2D eigenvalue weighted by molar-refractivity contribution is 5.83. The molecule has 0 saturated heterocycles. The van der Waals surface area contributed by atoms with Gasteiger partial charge in [-0.1, -0.05) is 84.9 Å². The topological polar surface area (TPSA) is 26.0 Å². The van der Waals surface area contributed by atoms with E-state index in [4.69, 9.17) is 9.40 Å². The van der Waals surface area contributed by atoms with Crippen molar-refractivity contribution in [2.45, 2.75) is 12.3 Å². The SMILES string of the molecule is c1ccc([C@@H](Cc2nc3ccccc3o2)c2ccc3ccccc3c2)cc1. The number of nitrogens with zero attached hydrogens (tertiary/aromatic N) is 1. The van der Waals surface area contributed by atoms with E-state index in [0.29, 0.717) is 0 Å². The molecule has 5 aromatic rings. The maximum Gasteiger partial charge on any atom is 0.196 e. The second-order valence-electron chi connectivity index (χ2n) is 6.85. The summed E-state index contributed by atoms with van der Waals surface area (Å²) in [4.78, 5) is 4.70. The molecule has 4 aromatic carbocycles.